The van der Waals surface area contributed by atoms with Crippen molar-refractivity contribution in [2.75, 3.05) is 19.0 Å². The number of hydrogen-bond acceptors (Lipinski definition) is 3. The smallest absolute Gasteiger partial charge is 0.141 e. The highest BCUT2D eigenvalue weighted by Gasteiger charge is 2.23. The predicted octanol–water partition coefficient (Wildman–Crippen LogP) is 4.22. The molecule has 0 fully saturated rings. The van der Waals surface area contributed by atoms with Gasteiger partial charge >= 0.3 is 0 Å². The Morgan fingerprint density at radius 1 is 1.15 bits per heavy atom. The number of benzene rings is 1. The molecule has 0 aliphatic rings. The molecule has 3 nitrogen and oxygen atoms in total. The summed E-state index contributed by atoms with van der Waals surface area (Å²) in [5, 5.41) is 13.2. The van der Waals surface area contributed by atoms with Crippen molar-refractivity contribution in [3.8, 4) is 5.75 Å². The molecule has 0 spiro atoms. The van der Waals surface area contributed by atoms with E-state index >= 15 is 0 Å². The highest BCUT2D eigenvalue weighted by atomic mass is 16.5. The van der Waals surface area contributed by atoms with Crippen LogP contribution in [0.3, 0.4) is 0 Å². The van der Waals surface area contributed by atoms with Crippen LogP contribution in [0.1, 0.15) is 52.4 Å². The van der Waals surface area contributed by atoms with E-state index in [4.69, 9.17) is 4.74 Å². The molecule has 0 radical (unpaired) electrons. The summed E-state index contributed by atoms with van der Waals surface area (Å²) in [6, 6.07) is 7.85. The van der Waals surface area contributed by atoms with Crippen LogP contribution >= 0.6 is 0 Å². The van der Waals surface area contributed by atoms with Gasteiger partial charge in [-0.25, -0.2) is 0 Å². The zero-order valence-corrected chi connectivity index (χ0v) is 13.1. The van der Waals surface area contributed by atoms with Crippen LogP contribution in [0, 0.1) is 0 Å². The van der Waals surface area contributed by atoms with Crippen LogP contribution in [-0.2, 0) is 0 Å². The quantitative estimate of drug-likeness (QED) is 0.630. The summed E-state index contributed by atoms with van der Waals surface area (Å²) >= 11 is 0. The number of aliphatic hydroxyl groups is 1. The molecule has 1 aromatic carbocycles. The predicted molar refractivity (Wildman–Crippen MR) is 85.5 cm³/mol. The fourth-order valence-corrected chi connectivity index (χ4v) is 2.37. The van der Waals surface area contributed by atoms with Gasteiger partial charge in [0.15, 0.2) is 0 Å². The van der Waals surface area contributed by atoms with Crippen molar-refractivity contribution in [3.05, 3.63) is 24.3 Å². The first-order valence-electron chi connectivity index (χ1n) is 7.67. The minimum atomic E-state index is -0.291. The fourth-order valence-electron chi connectivity index (χ4n) is 2.37. The zero-order valence-electron chi connectivity index (χ0n) is 13.1. The van der Waals surface area contributed by atoms with E-state index in [2.05, 4.69) is 19.2 Å². The molecular formula is C17H29NO2. The zero-order chi connectivity index (χ0) is 14.8. The highest BCUT2D eigenvalue weighted by molar-refractivity contribution is 5.57. The van der Waals surface area contributed by atoms with Crippen molar-refractivity contribution in [1.29, 1.82) is 0 Å². The number of hydrogen-bond donors (Lipinski definition) is 2. The monoisotopic (exact) mass is 279 g/mol. The van der Waals surface area contributed by atoms with E-state index < -0.39 is 0 Å². The lowest BCUT2D eigenvalue weighted by Crippen LogP contribution is -2.38. The fraction of sp³-hybridized carbons (Fsp3) is 0.647. The van der Waals surface area contributed by atoms with Crippen molar-refractivity contribution in [1.82, 2.24) is 0 Å². The first-order chi connectivity index (χ1) is 9.65. The molecular weight excluding hydrogens is 250 g/mol. The highest BCUT2D eigenvalue weighted by Crippen LogP contribution is 2.28. The molecule has 0 aliphatic heterocycles. The Balaban J connectivity index is 2.55. The maximum absolute atomic E-state index is 9.71. The molecule has 1 atom stereocenters. The second kappa shape index (κ2) is 8.85. The summed E-state index contributed by atoms with van der Waals surface area (Å²) in [6.45, 7) is 4.42. The summed E-state index contributed by atoms with van der Waals surface area (Å²) in [7, 11) is 1.67. The van der Waals surface area contributed by atoms with Gasteiger partial charge in [0.25, 0.3) is 0 Å². The molecule has 0 aliphatic carbocycles. The molecule has 1 unspecified atom stereocenters. The first kappa shape index (κ1) is 16.8. The number of nitrogens with one attached hydrogen (secondary N) is 1. The number of aliphatic hydroxyl groups excluding tert-OH is 1. The number of methoxy groups -OCH3 is 1. The van der Waals surface area contributed by atoms with Crippen LogP contribution in [-0.4, -0.2) is 24.4 Å². The summed E-state index contributed by atoms with van der Waals surface area (Å²) in [5.41, 5.74) is 0.654. The Bertz CT molecular complexity index is 381. The molecule has 0 aromatic heterocycles. The van der Waals surface area contributed by atoms with E-state index in [9.17, 15) is 5.11 Å². The second-order valence-corrected chi connectivity index (χ2v) is 5.71. The van der Waals surface area contributed by atoms with Crippen LogP contribution in [0.4, 0.5) is 5.69 Å². The molecule has 2 N–H and O–H groups in total. The van der Waals surface area contributed by atoms with E-state index in [0.717, 1.165) is 24.3 Å². The second-order valence-electron chi connectivity index (χ2n) is 5.71. The Hall–Kier alpha value is -1.22. The summed E-state index contributed by atoms with van der Waals surface area (Å²) in [6.07, 6.45) is 7.18. The van der Waals surface area contributed by atoms with Gasteiger partial charge in [0.1, 0.15) is 5.75 Å². The van der Waals surface area contributed by atoms with Gasteiger partial charge in [-0.1, -0.05) is 51.2 Å². The van der Waals surface area contributed by atoms with Crippen LogP contribution in [0.2, 0.25) is 0 Å². The lowest BCUT2D eigenvalue weighted by Gasteiger charge is -2.30. The lowest BCUT2D eigenvalue weighted by molar-refractivity contribution is 0.211. The third-order valence-electron chi connectivity index (χ3n) is 3.72. The van der Waals surface area contributed by atoms with Crippen molar-refractivity contribution < 1.29 is 9.84 Å². The number of unbranched alkanes of at least 4 members (excludes halogenated alkanes) is 4. The van der Waals surface area contributed by atoms with E-state index in [1.54, 1.807) is 7.11 Å². The topological polar surface area (TPSA) is 41.5 Å². The molecule has 0 heterocycles. The molecule has 0 saturated carbocycles. The molecule has 114 valence electrons. The number of rotatable bonds is 10. The van der Waals surface area contributed by atoms with E-state index in [1.165, 1.54) is 25.7 Å². The molecule has 3 heteroatoms. The average Bonchev–Trinajstić information content (AvgIpc) is 2.47. The standard InChI is InChI=1S/C17H29NO2/c1-4-5-6-7-10-13-17(2,14-19)18-15-11-8-9-12-16(15)20-3/h8-9,11-12,18-19H,4-7,10,13-14H2,1-3H3. The molecule has 0 saturated heterocycles. The molecule has 1 aromatic rings. The molecule has 1 rings (SSSR count). The molecule has 0 amide bonds. The summed E-state index contributed by atoms with van der Waals surface area (Å²) < 4.78 is 5.35. The Kier molecular flexibility index (Phi) is 7.45. The van der Waals surface area contributed by atoms with Gasteiger partial charge in [-0.15, -0.1) is 0 Å². The number of para-hydroxylation sites is 2. The van der Waals surface area contributed by atoms with Gasteiger partial charge in [0.05, 0.1) is 24.9 Å². The minimum absolute atomic E-state index is 0.124. The van der Waals surface area contributed by atoms with Crippen molar-refractivity contribution in [2.45, 2.75) is 57.9 Å². The van der Waals surface area contributed by atoms with Crippen LogP contribution in [0.25, 0.3) is 0 Å². The Morgan fingerprint density at radius 3 is 2.50 bits per heavy atom. The van der Waals surface area contributed by atoms with Crippen LogP contribution in [0.15, 0.2) is 24.3 Å². The third-order valence-corrected chi connectivity index (χ3v) is 3.72. The van der Waals surface area contributed by atoms with Gasteiger partial charge in [0, 0.05) is 0 Å². The van der Waals surface area contributed by atoms with Gasteiger partial charge in [-0.3, -0.25) is 0 Å². The van der Waals surface area contributed by atoms with Gasteiger partial charge in [-0.05, 0) is 25.5 Å². The van der Waals surface area contributed by atoms with Crippen molar-refractivity contribution >= 4 is 5.69 Å². The van der Waals surface area contributed by atoms with Crippen molar-refractivity contribution in [3.63, 3.8) is 0 Å². The largest absolute Gasteiger partial charge is 0.495 e. The van der Waals surface area contributed by atoms with Gasteiger partial charge in [-0.2, -0.15) is 0 Å². The van der Waals surface area contributed by atoms with Gasteiger partial charge in [0.2, 0.25) is 0 Å². The van der Waals surface area contributed by atoms with E-state index in [1.807, 2.05) is 24.3 Å². The summed E-state index contributed by atoms with van der Waals surface area (Å²) in [5.74, 6) is 0.818. The minimum Gasteiger partial charge on any atom is -0.495 e. The lowest BCUT2D eigenvalue weighted by atomic mass is 9.94. The maximum atomic E-state index is 9.71. The Morgan fingerprint density at radius 2 is 1.85 bits per heavy atom. The SMILES string of the molecule is CCCCCCCC(C)(CO)Nc1ccccc1OC. The summed E-state index contributed by atoms with van der Waals surface area (Å²) in [4.78, 5) is 0. The normalized spacial score (nSPS) is 13.8. The number of anilines is 1. The van der Waals surface area contributed by atoms with E-state index in [-0.39, 0.29) is 12.1 Å². The van der Waals surface area contributed by atoms with Crippen molar-refractivity contribution in [2.24, 2.45) is 0 Å². The first-order valence-corrected chi connectivity index (χ1v) is 7.67. The third kappa shape index (κ3) is 5.41. The van der Waals surface area contributed by atoms with Gasteiger partial charge < -0.3 is 15.2 Å². The average molecular weight is 279 g/mol. The molecule has 0 bridgehead atoms. The Labute approximate surface area is 123 Å². The number of ether oxygens (including phenoxy) is 1. The van der Waals surface area contributed by atoms with Crippen LogP contribution in [0.5, 0.6) is 5.75 Å². The molecule has 20 heavy (non-hydrogen) atoms. The maximum Gasteiger partial charge on any atom is 0.141 e. The van der Waals surface area contributed by atoms with Crippen LogP contribution < -0.4 is 10.1 Å². The van der Waals surface area contributed by atoms with E-state index in [0.29, 0.717) is 0 Å².